The first kappa shape index (κ1) is 11.4. The fraction of sp³-hybridized carbons (Fsp3) is 0.538. The molecule has 2 rings (SSSR count). The lowest BCUT2D eigenvalue weighted by molar-refractivity contribution is 0.163. The van der Waals surface area contributed by atoms with Crippen LogP contribution < -0.4 is 5.32 Å². The molecular weight excluding hydrogens is 198 g/mol. The van der Waals surface area contributed by atoms with Crippen molar-refractivity contribution in [3.05, 3.63) is 36.7 Å². The van der Waals surface area contributed by atoms with Crippen LogP contribution in [0.4, 0.5) is 0 Å². The molecule has 2 heterocycles. The molecule has 1 atom stereocenters. The minimum Gasteiger partial charge on any atom is -0.364 e. The molecule has 1 aromatic heterocycles. The highest BCUT2D eigenvalue weighted by Gasteiger charge is 2.21. The van der Waals surface area contributed by atoms with Gasteiger partial charge < -0.3 is 10.3 Å². The predicted molar refractivity (Wildman–Crippen MR) is 67.4 cm³/mol. The molecule has 0 aromatic carbocycles. The first-order chi connectivity index (χ1) is 7.92. The Labute approximate surface area is 97.5 Å². The molecule has 1 fully saturated rings. The Morgan fingerprint density at radius 3 is 2.88 bits per heavy atom. The van der Waals surface area contributed by atoms with E-state index in [-0.39, 0.29) is 0 Å². The number of allylic oxidation sites excluding steroid dienone is 1. The van der Waals surface area contributed by atoms with Crippen LogP contribution in [0.5, 0.6) is 0 Å². The molecule has 16 heavy (non-hydrogen) atoms. The summed E-state index contributed by atoms with van der Waals surface area (Å²) in [5, 5.41) is 3.40. The van der Waals surface area contributed by atoms with E-state index in [1.807, 2.05) is 12.3 Å². The summed E-state index contributed by atoms with van der Waals surface area (Å²) >= 11 is 0. The molecule has 1 saturated heterocycles. The van der Waals surface area contributed by atoms with Crippen LogP contribution in [0.15, 0.2) is 31.0 Å². The van der Waals surface area contributed by atoms with Gasteiger partial charge in [-0.3, -0.25) is 4.90 Å². The predicted octanol–water partition coefficient (Wildman–Crippen LogP) is 1.93. The van der Waals surface area contributed by atoms with Crippen molar-refractivity contribution in [1.82, 2.24) is 15.2 Å². The summed E-state index contributed by atoms with van der Waals surface area (Å²) in [4.78, 5) is 5.91. The standard InChI is InChI=1S/C13H21N3/c1-2-3-6-13(12-5-4-7-15-12)16-10-8-14-9-11-16/h2,4-5,7,13-15H,1,3,6,8-11H2/t13-/m1/s1. The third kappa shape index (κ3) is 2.74. The first-order valence-electron chi connectivity index (χ1n) is 6.11. The second-order valence-corrected chi connectivity index (χ2v) is 4.29. The van der Waals surface area contributed by atoms with E-state index in [9.17, 15) is 0 Å². The Morgan fingerprint density at radius 1 is 1.44 bits per heavy atom. The van der Waals surface area contributed by atoms with Gasteiger partial charge in [0.05, 0.1) is 6.04 Å². The summed E-state index contributed by atoms with van der Waals surface area (Å²) in [6.45, 7) is 8.30. The monoisotopic (exact) mass is 219 g/mol. The zero-order valence-electron chi connectivity index (χ0n) is 9.78. The number of piperazine rings is 1. The summed E-state index contributed by atoms with van der Waals surface area (Å²) in [5.41, 5.74) is 1.34. The third-order valence-corrected chi connectivity index (χ3v) is 3.22. The molecule has 0 radical (unpaired) electrons. The molecule has 0 amide bonds. The fourth-order valence-corrected chi connectivity index (χ4v) is 2.36. The van der Waals surface area contributed by atoms with E-state index in [4.69, 9.17) is 0 Å². The van der Waals surface area contributed by atoms with Crippen molar-refractivity contribution in [2.75, 3.05) is 26.2 Å². The van der Waals surface area contributed by atoms with Gasteiger partial charge in [-0.25, -0.2) is 0 Å². The number of aromatic nitrogens is 1. The maximum Gasteiger partial charge on any atom is 0.0502 e. The van der Waals surface area contributed by atoms with Crippen LogP contribution in [-0.2, 0) is 0 Å². The Morgan fingerprint density at radius 2 is 2.25 bits per heavy atom. The molecule has 1 aliphatic rings. The van der Waals surface area contributed by atoms with Crippen LogP contribution in [0, 0.1) is 0 Å². The molecule has 0 spiro atoms. The average Bonchev–Trinajstić information content (AvgIpc) is 2.85. The average molecular weight is 219 g/mol. The highest BCUT2D eigenvalue weighted by Crippen LogP contribution is 2.24. The fourth-order valence-electron chi connectivity index (χ4n) is 2.36. The normalized spacial score (nSPS) is 19.5. The number of hydrogen-bond acceptors (Lipinski definition) is 2. The number of H-pyrrole nitrogens is 1. The number of rotatable bonds is 5. The van der Waals surface area contributed by atoms with E-state index in [1.54, 1.807) is 0 Å². The van der Waals surface area contributed by atoms with Crippen molar-refractivity contribution >= 4 is 0 Å². The van der Waals surface area contributed by atoms with Crippen LogP contribution in [0.3, 0.4) is 0 Å². The molecule has 0 bridgehead atoms. The van der Waals surface area contributed by atoms with Gasteiger partial charge in [-0.1, -0.05) is 6.08 Å². The quantitative estimate of drug-likeness (QED) is 0.741. The summed E-state index contributed by atoms with van der Waals surface area (Å²) in [6.07, 6.45) is 6.26. The second-order valence-electron chi connectivity index (χ2n) is 4.29. The molecule has 3 nitrogen and oxygen atoms in total. The Balaban J connectivity index is 2.03. The van der Waals surface area contributed by atoms with Crippen LogP contribution in [0.1, 0.15) is 24.6 Å². The Hall–Kier alpha value is -1.06. The molecule has 2 N–H and O–H groups in total. The van der Waals surface area contributed by atoms with E-state index in [0.29, 0.717) is 6.04 Å². The summed E-state index contributed by atoms with van der Waals surface area (Å²) in [5.74, 6) is 0. The van der Waals surface area contributed by atoms with Crippen LogP contribution in [0.2, 0.25) is 0 Å². The van der Waals surface area contributed by atoms with Gasteiger partial charge in [-0.05, 0) is 25.0 Å². The van der Waals surface area contributed by atoms with Gasteiger partial charge in [0, 0.05) is 38.1 Å². The highest BCUT2D eigenvalue weighted by atomic mass is 15.2. The second kappa shape index (κ2) is 5.87. The minimum absolute atomic E-state index is 0.523. The van der Waals surface area contributed by atoms with Crippen molar-refractivity contribution in [2.45, 2.75) is 18.9 Å². The topological polar surface area (TPSA) is 31.1 Å². The van der Waals surface area contributed by atoms with Crippen LogP contribution in [-0.4, -0.2) is 36.1 Å². The molecule has 0 aliphatic carbocycles. The smallest absolute Gasteiger partial charge is 0.0502 e. The van der Waals surface area contributed by atoms with Crippen molar-refractivity contribution < 1.29 is 0 Å². The lowest BCUT2D eigenvalue weighted by atomic mass is 10.1. The van der Waals surface area contributed by atoms with Gasteiger partial charge in [0.15, 0.2) is 0 Å². The van der Waals surface area contributed by atoms with Gasteiger partial charge in [0.25, 0.3) is 0 Å². The molecule has 0 unspecified atom stereocenters. The largest absolute Gasteiger partial charge is 0.364 e. The minimum atomic E-state index is 0.523. The van der Waals surface area contributed by atoms with E-state index < -0.39 is 0 Å². The zero-order chi connectivity index (χ0) is 11.2. The third-order valence-electron chi connectivity index (χ3n) is 3.22. The van der Waals surface area contributed by atoms with Gasteiger partial charge in [-0.2, -0.15) is 0 Å². The van der Waals surface area contributed by atoms with Crippen molar-refractivity contribution in [2.24, 2.45) is 0 Å². The maximum absolute atomic E-state index is 3.82. The summed E-state index contributed by atoms with van der Waals surface area (Å²) < 4.78 is 0. The summed E-state index contributed by atoms with van der Waals surface area (Å²) in [6, 6.07) is 4.80. The van der Waals surface area contributed by atoms with Crippen LogP contribution >= 0.6 is 0 Å². The maximum atomic E-state index is 3.82. The molecule has 1 aliphatic heterocycles. The lowest BCUT2D eigenvalue weighted by Crippen LogP contribution is -2.45. The van der Waals surface area contributed by atoms with Gasteiger partial charge in [0.1, 0.15) is 0 Å². The molecule has 1 aromatic rings. The molecule has 3 heteroatoms. The van der Waals surface area contributed by atoms with Crippen molar-refractivity contribution in [1.29, 1.82) is 0 Å². The van der Waals surface area contributed by atoms with E-state index in [1.165, 1.54) is 5.69 Å². The Bertz CT molecular complexity index is 299. The SMILES string of the molecule is C=CCC[C@H](c1ccc[nH]1)N1CCNCC1. The number of nitrogens with one attached hydrogen (secondary N) is 2. The molecule has 88 valence electrons. The van der Waals surface area contributed by atoms with Crippen molar-refractivity contribution in [3.63, 3.8) is 0 Å². The summed E-state index contributed by atoms with van der Waals surface area (Å²) in [7, 11) is 0. The van der Waals surface area contributed by atoms with Gasteiger partial charge in [-0.15, -0.1) is 6.58 Å². The molecule has 0 saturated carbocycles. The van der Waals surface area contributed by atoms with E-state index >= 15 is 0 Å². The number of aromatic amines is 1. The van der Waals surface area contributed by atoms with E-state index in [2.05, 4.69) is 33.9 Å². The van der Waals surface area contributed by atoms with Gasteiger partial charge >= 0.3 is 0 Å². The first-order valence-corrected chi connectivity index (χ1v) is 6.11. The van der Waals surface area contributed by atoms with Gasteiger partial charge in [0.2, 0.25) is 0 Å². The highest BCUT2D eigenvalue weighted by molar-refractivity contribution is 5.10. The Kier molecular flexibility index (Phi) is 4.19. The van der Waals surface area contributed by atoms with E-state index in [0.717, 1.165) is 39.0 Å². The lowest BCUT2D eigenvalue weighted by Gasteiger charge is -2.34. The zero-order valence-corrected chi connectivity index (χ0v) is 9.78. The number of hydrogen-bond donors (Lipinski definition) is 2. The number of nitrogens with zero attached hydrogens (tertiary/aromatic N) is 1. The van der Waals surface area contributed by atoms with Crippen molar-refractivity contribution in [3.8, 4) is 0 Å². The molecular formula is C13H21N3. The van der Waals surface area contributed by atoms with Crippen LogP contribution in [0.25, 0.3) is 0 Å².